The molecule has 2 aromatic rings. The van der Waals surface area contributed by atoms with E-state index in [1.807, 2.05) is 0 Å². The van der Waals surface area contributed by atoms with Crippen LogP contribution in [0.15, 0.2) is 0 Å². The lowest BCUT2D eigenvalue weighted by Gasteiger charge is -2.23. The van der Waals surface area contributed by atoms with Crippen molar-refractivity contribution in [3.8, 4) is 0 Å². The fraction of sp³-hybridized carbons (Fsp3) is 0. The molecule has 12 heteroatoms. The molecule has 0 radical (unpaired) electrons. The largest absolute Gasteiger partial charge is 0.497 e. The first-order valence-electron chi connectivity index (χ1n) is 6.01. The minimum atomic E-state index is -3.86. The van der Waals surface area contributed by atoms with Crippen molar-refractivity contribution < 1.29 is 43.9 Å². The summed E-state index contributed by atoms with van der Waals surface area (Å²) in [5.41, 5.74) is 1.37. The van der Waals surface area contributed by atoms with E-state index in [9.17, 15) is 43.9 Å². The highest BCUT2D eigenvalue weighted by Crippen LogP contribution is 2.19. The Labute approximate surface area is 126 Å². The predicted molar refractivity (Wildman–Crippen MR) is 63.1 cm³/mol. The third-order valence-electron chi connectivity index (χ3n) is 3.36. The molecular weight excluding hydrogens is 359 g/mol. The van der Waals surface area contributed by atoms with E-state index in [0.29, 0.717) is 0 Å². The number of benzene rings is 2. The smallest absolute Gasteiger partial charge is 0.200 e. The second kappa shape index (κ2) is 6.00. The van der Waals surface area contributed by atoms with Gasteiger partial charge < -0.3 is 5.64 Å². The lowest BCUT2D eigenvalue weighted by molar-refractivity contribution is 0.382. The zero-order valence-corrected chi connectivity index (χ0v) is 11.1. The molecule has 0 aromatic heterocycles. The quantitative estimate of drug-likeness (QED) is 0.376. The number of halogens is 10. The number of hydrogen-bond acceptors (Lipinski definition) is 1. The first-order chi connectivity index (χ1) is 11.0. The van der Waals surface area contributed by atoms with Crippen molar-refractivity contribution in [2.24, 2.45) is 5.64 Å². The fourth-order valence-electron chi connectivity index (χ4n) is 2.15. The van der Waals surface area contributed by atoms with Gasteiger partial charge in [0, 0.05) is 0 Å². The minimum absolute atomic E-state index is 1.87. The average molecular weight is 362 g/mol. The van der Waals surface area contributed by atoms with E-state index >= 15 is 0 Å². The lowest BCUT2D eigenvalue weighted by Crippen LogP contribution is -2.57. The van der Waals surface area contributed by atoms with Crippen molar-refractivity contribution in [1.29, 1.82) is 0 Å². The summed E-state index contributed by atoms with van der Waals surface area (Å²) in [5, 5.41) is 0. The molecule has 0 fully saturated rings. The van der Waals surface area contributed by atoms with Gasteiger partial charge in [-0.25, -0.2) is 43.9 Å². The normalized spacial score (nSPS) is 11.5. The molecule has 24 heavy (non-hydrogen) atoms. The van der Waals surface area contributed by atoms with E-state index in [2.05, 4.69) is 0 Å². The number of rotatable bonds is 2. The van der Waals surface area contributed by atoms with Gasteiger partial charge in [0.25, 0.3) is 0 Å². The fourth-order valence-corrected chi connectivity index (χ4v) is 2.15. The van der Waals surface area contributed by atoms with E-state index in [0.717, 1.165) is 0 Å². The molecule has 2 N–H and O–H groups in total. The van der Waals surface area contributed by atoms with Gasteiger partial charge in [-0.05, 0) is 0 Å². The highest BCUT2D eigenvalue weighted by atomic mass is 19.2. The molecule has 130 valence electrons. The van der Waals surface area contributed by atoms with Crippen molar-refractivity contribution in [2.45, 2.75) is 0 Å². The second-order valence-corrected chi connectivity index (χ2v) is 4.68. The molecule has 0 atom stereocenters. The lowest BCUT2D eigenvalue weighted by atomic mass is 9.51. The molecule has 1 nitrogen and oxygen atoms in total. The average Bonchev–Trinajstić information content (AvgIpc) is 2.55. The van der Waals surface area contributed by atoms with E-state index < -0.39 is 75.9 Å². The third-order valence-corrected chi connectivity index (χ3v) is 3.36. The summed E-state index contributed by atoms with van der Waals surface area (Å²) in [6.45, 7) is -3.86. The molecule has 0 saturated carbocycles. The van der Waals surface area contributed by atoms with Gasteiger partial charge in [0.15, 0.2) is 34.9 Å². The molecule has 0 bridgehead atoms. The first-order valence-corrected chi connectivity index (χ1v) is 6.01. The van der Waals surface area contributed by atoms with Crippen LogP contribution in [0.5, 0.6) is 0 Å². The van der Waals surface area contributed by atoms with Gasteiger partial charge in [0.2, 0.25) is 0 Å². The van der Waals surface area contributed by atoms with E-state index in [1.165, 1.54) is 0 Å². The number of hydrogen-bond donors (Lipinski definition) is 1. The van der Waals surface area contributed by atoms with Crippen molar-refractivity contribution in [2.75, 3.05) is 0 Å². The van der Waals surface area contributed by atoms with Crippen LogP contribution in [0.1, 0.15) is 0 Å². The summed E-state index contributed by atoms with van der Waals surface area (Å²) in [6.07, 6.45) is 0. The Morgan fingerprint density at radius 2 is 0.542 bits per heavy atom. The molecule has 0 saturated heterocycles. The van der Waals surface area contributed by atoms with Crippen LogP contribution in [-0.4, -0.2) is 6.85 Å². The monoisotopic (exact) mass is 362 g/mol. The molecule has 0 spiro atoms. The maximum absolute atomic E-state index is 13.6. The second-order valence-electron chi connectivity index (χ2n) is 4.68. The maximum atomic E-state index is 13.6. The summed E-state index contributed by atoms with van der Waals surface area (Å²) in [7, 11) is 0. The molecule has 0 aliphatic rings. The van der Waals surface area contributed by atoms with Gasteiger partial charge in [-0.3, -0.25) is 0 Å². The minimum Gasteiger partial charge on any atom is -0.497 e. The Morgan fingerprint density at radius 1 is 0.375 bits per heavy atom. The van der Waals surface area contributed by atoms with Gasteiger partial charge in [-0.15, -0.1) is 10.9 Å². The molecule has 2 rings (SSSR count). The Balaban J connectivity index is 2.84. The van der Waals surface area contributed by atoms with E-state index in [-0.39, 0.29) is 0 Å². The van der Waals surface area contributed by atoms with E-state index in [4.69, 9.17) is 5.64 Å². The van der Waals surface area contributed by atoms with Crippen LogP contribution >= 0.6 is 0 Å². The molecule has 0 aliphatic carbocycles. The molecule has 0 heterocycles. The highest BCUT2D eigenvalue weighted by Gasteiger charge is 2.31. The Morgan fingerprint density at radius 3 is 0.750 bits per heavy atom. The van der Waals surface area contributed by atoms with Crippen molar-refractivity contribution in [1.82, 2.24) is 0 Å². The topological polar surface area (TPSA) is 26.0 Å². The van der Waals surface area contributed by atoms with Gasteiger partial charge in [0.1, 0.15) is 30.1 Å². The van der Waals surface area contributed by atoms with Crippen LogP contribution < -0.4 is 16.6 Å². The SMILES string of the molecule is N[BH-](c1c(F)c(F)c(F)c(F)c1F)c1c(F)c(F)c(F)c(F)c1F. The van der Waals surface area contributed by atoms with Crippen molar-refractivity contribution in [3.05, 3.63) is 58.2 Å². The standard InChI is InChI=1S/C12H3BF10N/c14-3-1(4(15)8(19)11(22)7(3)18)13(24)2-5(16)9(20)12(23)10(21)6(2)17/h13H,24H2/q-1. The van der Waals surface area contributed by atoms with Gasteiger partial charge in [0.05, 0.1) is 0 Å². The van der Waals surface area contributed by atoms with Crippen LogP contribution in [-0.2, 0) is 0 Å². The molecule has 0 aliphatic heterocycles. The third kappa shape index (κ3) is 2.41. The van der Waals surface area contributed by atoms with Gasteiger partial charge in [-0.2, -0.15) is 0 Å². The summed E-state index contributed by atoms with van der Waals surface area (Å²) < 4.78 is 133. The van der Waals surface area contributed by atoms with E-state index in [1.54, 1.807) is 0 Å². The summed E-state index contributed by atoms with van der Waals surface area (Å²) >= 11 is 0. The Hall–Kier alpha value is -2.24. The van der Waals surface area contributed by atoms with Crippen LogP contribution in [0.25, 0.3) is 0 Å². The zero-order chi connectivity index (χ0) is 18.5. The number of nitrogens with two attached hydrogens (primary N) is 1. The first kappa shape index (κ1) is 18.1. The van der Waals surface area contributed by atoms with Crippen LogP contribution in [0.3, 0.4) is 0 Å². The van der Waals surface area contributed by atoms with Gasteiger partial charge >= 0.3 is 0 Å². The molecule has 2 aromatic carbocycles. The summed E-state index contributed by atoms with van der Waals surface area (Å²) in [6, 6.07) is 0. The Kier molecular flexibility index (Phi) is 4.53. The van der Waals surface area contributed by atoms with Crippen LogP contribution in [0.4, 0.5) is 43.9 Å². The molecule has 0 unspecified atom stereocenters. The maximum Gasteiger partial charge on any atom is 0.200 e. The Bertz CT molecular complexity index is 725. The van der Waals surface area contributed by atoms with Crippen LogP contribution in [0, 0.1) is 58.2 Å². The highest BCUT2D eigenvalue weighted by molar-refractivity contribution is 6.82. The predicted octanol–water partition coefficient (Wildman–Crippen LogP) is 1.87. The van der Waals surface area contributed by atoms with Crippen molar-refractivity contribution in [3.63, 3.8) is 0 Å². The van der Waals surface area contributed by atoms with Gasteiger partial charge in [-0.1, -0.05) is 0 Å². The summed E-state index contributed by atoms with van der Waals surface area (Å²) in [5.74, 6) is -25.2. The van der Waals surface area contributed by atoms with Crippen molar-refractivity contribution >= 4 is 17.8 Å². The van der Waals surface area contributed by atoms with Crippen LogP contribution in [0.2, 0.25) is 0 Å². The molecular formula is C12H3BF10N-. The zero-order valence-electron chi connectivity index (χ0n) is 11.1. The summed E-state index contributed by atoms with van der Waals surface area (Å²) in [4.78, 5) is 0. The molecule has 0 amide bonds.